The number of nitrogens with zero attached hydrogens (tertiary/aromatic N) is 1. The molecule has 0 radical (unpaired) electrons. The molecule has 1 amide bonds. The molecule has 3 heterocycles. The van der Waals surface area contributed by atoms with E-state index in [9.17, 15) is 18.8 Å². The molecule has 2 aromatic carbocycles. The highest BCUT2D eigenvalue weighted by Gasteiger charge is 2.62. The van der Waals surface area contributed by atoms with Crippen molar-refractivity contribution < 1.29 is 23.5 Å². The second-order valence-electron chi connectivity index (χ2n) is 8.14. The zero-order valence-electron chi connectivity index (χ0n) is 18.3. The van der Waals surface area contributed by atoms with Crippen LogP contribution in [0.3, 0.4) is 0 Å². The van der Waals surface area contributed by atoms with Crippen LogP contribution in [0.2, 0.25) is 0 Å². The summed E-state index contributed by atoms with van der Waals surface area (Å²) in [6, 6.07) is 14.2. The lowest BCUT2D eigenvalue weighted by molar-refractivity contribution is -0.138. The second-order valence-corrected chi connectivity index (χ2v) is 8.14. The van der Waals surface area contributed by atoms with E-state index in [0.717, 1.165) is 7.11 Å². The third kappa shape index (κ3) is 2.86. The van der Waals surface area contributed by atoms with Crippen molar-refractivity contribution in [1.29, 1.82) is 0 Å². The molecule has 0 fully saturated rings. The molecule has 3 aromatic rings. The highest BCUT2D eigenvalue weighted by molar-refractivity contribution is 6.18. The maximum absolute atomic E-state index is 14.3. The number of hydrogen-bond donors (Lipinski definition) is 2. The number of para-hydroxylation sites is 1. The molecule has 0 saturated carbocycles. The largest absolute Gasteiger partial charge is 0.465 e. The van der Waals surface area contributed by atoms with Gasteiger partial charge in [-0.15, -0.1) is 0 Å². The van der Waals surface area contributed by atoms with Gasteiger partial charge in [-0.25, -0.2) is 9.18 Å². The van der Waals surface area contributed by atoms with Gasteiger partial charge < -0.3 is 25.1 Å². The summed E-state index contributed by atoms with van der Waals surface area (Å²) in [4.78, 5) is 44.8. The molecule has 1 atom stereocenters. The first-order valence-corrected chi connectivity index (χ1v) is 10.5. The molecule has 1 spiro atoms. The number of nitrogens with two attached hydrogens (primary N) is 1. The number of aromatic nitrogens is 1. The van der Waals surface area contributed by atoms with Gasteiger partial charge in [-0.1, -0.05) is 30.3 Å². The fraction of sp³-hybridized carbons (Fsp3) is 0.160. The van der Waals surface area contributed by atoms with Crippen LogP contribution < -0.4 is 20.9 Å². The summed E-state index contributed by atoms with van der Waals surface area (Å²) in [5.74, 6) is -2.21. The van der Waals surface area contributed by atoms with Gasteiger partial charge in [0.05, 0.1) is 19.2 Å². The number of pyridine rings is 1. The van der Waals surface area contributed by atoms with Crippen LogP contribution in [0.25, 0.3) is 0 Å². The quantitative estimate of drug-likeness (QED) is 0.579. The van der Waals surface area contributed by atoms with Gasteiger partial charge in [-0.3, -0.25) is 9.59 Å². The van der Waals surface area contributed by atoms with E-state index in [1.54, 1.807) is 49.4 Å². The molecule has 2 aliphatic heterocycles. The van der Waals surface area contributed by atoms with E-state index in [2.05, 4.69) is 4.98 Å². The van der Waals surface area contributed by atoms with Gasteiger partial charge in [0.1, 0.15) is 22.6 Å². The van der Waals surface area contributed by atoms with Crippen LogP contribution in [-0.4, -0.2) is 24.0 Å². The van der Waals surface area contributed by atoms with E-state index in [4.69, 9.17) is 15.2 Å². The minimum Gasteiger partial charge on any atom is -0.465 e. The monoisotopic (exact) mass is 461 g/mol. The van der Waals surface area contributed by atoms with Crippen molar-refractivity contribution in [3.05, 3.63) is 105 Å². The Morgan fingerprint density at radius 3 is 2.68 bits per heavy atom. The average molecular weight is 461 g/mol. The number of methoxy groups -OCH3 is 1. The number of nitrogens with one attached hydrogen (secondary N) is 1. The van der Waals surface area contributed by atoms with Crippen LogP contribution in [0.5, 0.6) is 5.75 Å². The molecule has 1 unspecified atom stereocenters. The van der Waals surface area contributed by atoms with Crippen LogP contribution in [0.4, 0.5) is 10.1 Å². The van der Waals surface area contributed by atoms with Crippen molar-refractivity contribution in [2.75, 3.05) is 12.0 Å². The normalized spacial score (nSPS) is 18.6. The SMILES string of the molecule is COC(=O)C1=C(N)Oc2cc(C)[nH]c(=O)c2C12C(=O)N(Cc1cccc(F)c1)c1ccccc12. The van der Waals surface area contributed by atoms with Crippen LogP contribution >= 0.6 is 0 Å². The van der Waals surface area contributed by atoms with Crippen molar-refractivity contribution in [3.8, 4) is 5.75 Å². The van der Waals surface area contributed by atoms with E-state index >= 15 is 0 Å². The number of hydrogen-bond acceptors (Lipinski definition) is 6. The van der Waals surface area contributed by atoms with E-state index in [1.807, 2.05) is 0 Å². The number of halogens is 1. The first kappa shape index (κ1) is 21.4. The summed E-state index contributed by atoms with van der Waals surface area (Å²) in [6.07, 6.45) is 0. The fourth-order valence-corrected chi connectivity index (χ4v) is 4.84. The molecule has 5 rings (SSSR count). The van der Waals surface area contributed by atoms with E-state index < -0.39 is 28.7 Å². The predicted molar refractivity (Wildman–Crippen MR) is 120 cm³/mol. The Hall–Kier alpha value is -4.40. The van der Waals surface area contributed by atoms with E-state index in [1.165, 1.54) is 17.0 Å². The number of fused-ring (bicyclic) bond motifs is 4. The number of benzene rings is 2. The lowest BCUT2D eigenvalue weighted by atomic mass is 9.68. The Kier molecular flexibility index (Phi) is 4.78. The summed E-state index contributed by atoms with van der Waals surface area (Å²) >= 11 is 0. The molecule has 0 saturated heterocycles. The first-order chi connectivity index (χ1) is 16.3. The molecule has 1 aromatic heterocycles. The van der Waals surface area contributed by atoms with E-state index in [-0.39, 0.29) is 29.3 Å². The van der Waals surface area contributed by atoms with Gasteiger partial charge in [0, 0.05) is 23.0 Å². The highest BCUT2D eigenvalue weighted by atomic mass is 19.1. The van der Waals surface area contributed by atoms with Crippen molar-refractivity contribution >= 4 is 17.6 Å². The van der Waals surface area contributed by atoms with Crippen molar-refractivity contribution in [1.82, 2.24) is 4.98 Å². The number of esters is 1. The number of carbonyl (C=O) groups excluding carboxylic acids is 2. The van der Waals surface area contributed by atoms with Gasteiger partial charge in [0.15, 0.2) is 0 Å². The van der Waals surface area contributed by atoms with Gasteiger partial charge in [0.2, 0.25) is 11.8 Å². The molecule has 8 nitrogen and oxygen atoms in total. The maximum Gasteiger partial charge on any atom is 0.340 e. The van der Waals surface area contributed by atoms with Gasteiger partial charge in [-0.2, -0.15) is 0 Å². The molecular formula is C25H20FN3O5. The Balaban J connectivity index is 1.84. The Bertz CT molecular complexity index is 1460. The molecule has 172 valence electrons. The second kappa shape index (κ2) is 7.58. The number of anilines is 1. The first-order valence-electron chi connectivity index (χ1n) is 10.5. The molecule has 2 aliphatic rings. The lowest BCUT2D eigenvalue weighted by Gasteiger charge is -2.35. The van der Waals surface area contributed by atoms with Crippen LogP contribution in [0.15, 0.2) is 70.8 Å². The maximum atomic E-state index is 14.3. The van der Waals surface area contributed by atoms with Gasteiger partial charge in [0.25, 0.3) is 5.56 Å². The minimum absolute atomic E-state index is 0.00364. The molecule has 0 bridgehead atoms. The summed E-state index contributed by atoms with van der Waals surface area (Å²) in [5.41, 5.74) is 5.19. The number of ether oxygens (including phenoxy) is 2. The van der Waals surface area contributed by atoms with Crippen LogP contribution in [0.1, 0.15) is 22.4 Å². The van der Waals surface area contributed by atoms with Crippen LogP contribution in [-0.2, 0) is 26.3 Å². The summed E-state index contributed by atoms with van der Waals surface area (Å²) in [5, 5.41) is 0. The van der Waals surface area contributed by atoms with Gasteiger partial charge >= 0.3 is 5.97 Å². The number of rotatable bonds is 3. The molecule has 9 heteroatoms. The van der Waals surface area contributed by atoms with Gasteiger partial charge in [-0.05, 0) is 30.7 Å². The molecule has 0 aliphatic carbocycles. The smallest absolute Gasteiger partial charge is 0.340 e. The lowest BCUT2D eigenvalue weighted by Crippen LogP contribution is -2.51. The Morgan fingerprint density at radius 1 is 1.18 bits per heavy atom. The third-order valence-electron chi connectivity index (χ3n) is 6.13. The molecule has 3 N–H and O–H groups in total. The highest BCUT2D eigenvalue weighted by Crippen LogP contribution is 2.54. The van der Waals surface area contributed by atoms with Crippen LogP contribution in [0, 0.1) is 12.7 Å². The summed E-state index contributed by atoms with van der Waals surface area (Å²) in [6.45, 7) is 1.66. The van der Waals surface area contributed by atoms with Crippen molar-refractivity contribution in [2.24, 2.45) is 5.73 Å². The average Bonchev–Trinajstić information content (AvgIpc) is 3.02. The number of aryl methyl sites for hydroxylation is 1. The number of aromatic amines is 1. The topological polar surface area (TPSA) is 115 Å². The van der Waals surface area contributed by atoms with Crippen molar-refractivity contribution in [3.63, 3.8) is 0 Å². The van der Waals surface area contributed by atoms with E-state index in [0.29, 0.717) is 22.5 Å². The number of amides is 1. The minimum atomic E-state index is -1.91. The fourth-order valence-electron chi connectivity index (χ4n) is 4.84. The standard InChI is InChI=1S/C25H20FN3O5/c1-13-10-18-19(22(30)28-13)25(20(21(27)34-18)23(31)33-2)16-8-3-4-9-17(16)29(24(25)32)12-14-6-5-7-15(26)11-14/h3-11H,12,27H2,1-2H3,(H,28,30). The Morgan fingerprint density at radius 2 is 1.94 bits per heavy atom. The number of carbonyl (C=O) groups is 2. The predicted octanol–water partition coefficient (Wildman–Crippen LogP) is 2.39. The summed E-state index contributed by atoms with van der Waals surface area (Å²) < 4.78 is 24.5. The Labute approximate surface area is 193 Å². The zero-order valence-corrected chi connectivity index (χ0v) is 18.3. The molecule has 34 heavy (non-hydrogen) atoms. The van der Waals surface area contributed by atoms with Crippen molar-refractivity contribution in [2.45, 2.75) is 18.9 Å². The number of H-pyrrole nitrogens is 1. The third-order valence-corrected chi connectivity index (χ3v) is 6.13. The molecular weight excluding hydrogens is 441 g/mol. The zero-order chi connectivity index (χ0) is 24.2. The summed E-state index contributed by atoms with van der Waals surface area (Å²) in [7, 11) is 1.15.